The summed E-state index contributed by atoms with van der Waals surface area (Å²) in [6.07, 6.45) is 0. The molecule has 0 spiro atoms. The minimum Gasteiger partial charge on any atom is -0.387 e. The van der Waals surface area contributed by atoms with Crippen molar-refractivity contribution in [3.63, 3.8) is 0 Å². The Morgan fingerprint density at radius 2 is 2.00 bits per heavy atom. The zero-order valence-electron chi connectivity index (χ0n) is 14.0. The second kappa shape index (κ2) is 7.48. The van der Waals surface area contributed by atoms with E-state index in [-0.39, 0.29) is 24.4 Å². The zero-order valence-corrected chi connectivity index (χ0v) is 14.8. The molecule has 0 saturated heterocycles. The number of nitrogens with one attached hydrogen (secondary N) is 1. The molecule has 2 atom stereocenters. The van der Waals surface area contributed by atoms with Gasteiger partial charge in [0.2, 0.25) is 5.91 Å². The van der Waals surface area contributed by atoms with E-state index < -0.39 is 5.76 Å². The first-order valence-electron chi connectivity index (χ1n) is 8.01. The van der Waals surface area contributed by atoms with Crippen molar-refractivity contribution in [2.24, 2.45) is 0 Å². The topological polar surface area (TPSA) is 77.1 Å². The molecule has 130 valence electrons. The largest absolute Gasteiger partial charge is 0.437 e. The van der Waals surface area contributed by atoms with E-state index in [2.05, 4.69) is 10.4 Å². The van der Waals surface area contributed by atoms with Gasteiger partial charge in [0.05, 0.1) is 17.3 Å². The van der Waals surface area contributed by atoms with E-state index in [1.807, 2.05) is 61.7 Å². The molecule has 0 aliphatic rings. The third-order valence-electron chi connectivity index (χ3n) is 3.87. The predicted octanol–water partition coefficient (Wildman–Crippen LogP) is 2.87. The number of hydrogen-bond acceptors (Lipinski definition) is 5. The normalized spacial score (nSPS) is 13.4. The highest BCUT2D eigenvalue weighted by Gasteiger charge is 2.19. The molecule has 0 aliphatic heterocycles. The number of aromatic nitrogens is 2. The molecule has 25 heavy (non-hydrogen) atoms. The van der Waals surface area contributed by atoms with Crippen LogP contribution in [0.3, 0.4) is 0 Å². The molecule has 0 bridgehead atoms. The van der Waals surface area contributed by atoms with Gasteiger partial charge in [-0.2, -0.15) is 4.68 Å². The van der Waals surface area contributed by atoms with Crippen molar-refractivity contribution in [1.82, 2.24) is 15.1 Å². The molecule has 0 fully saturated rings. The molecule has 1 amide bonds. The maximum atomic E-state index is 12.4. The van der Waals surface area contributed by atoms with Crippen molar-refractivity contribution >= 4 is 17.2 Å². The molecule has 1 aromatic carbocycles. The lowest BCUT2D eigenvalue weighted by atomic mass is 10.0. The van der Waals surface area contributed by atoms with E-state index >= 15 is 0 Å². The van der Waals surface area contributed by atoms with Crippen molar-refractivity contribution in [2.75, 3.05) is 0 Å². The summed E-state index contributed by atoms with van der Waals surface area (Å²) in [5, 5.41) is 9.01. The number of amides is 1. The van der Waals surface area contributed by atoms with Crippen molar-refractivity contribution < 1.29 is 9.21 Å². The summed E-state index contributed by atoms with van der Waals surface area (Å²) in [5.41, 5.74) is 0.950. The molecule has 2 aromatic heterocycles. The van der Waals surface area contributed by atoms with Crippen LogP contribution < -0.4 is 11.1 Å². The maximum Gasteiger partial charge on any atom is 0.437 e. The average molecular weight is 357 g/mol. The first-order chi connectivity index (χ1) is 12.0. The number of carbonyl (C=O) groups is 1. The second-order valence-electron chi connectivity index (χ2n) is 5.87. The molecular weight excluding hydrogens is 338 g/mol. The van der Waals surface area contributed by atoms with Crippen LogP contribution in [0.1, 0.15) is 25.3 Å². The van der Waals surface area contributed by atoms with Crippen LogP contribution in [-0.4, -0.2) is 21.7 Å². The van der Waals surface area contributed by atoms with E-state index in [4.69, 9.17) is 4.42 Å². The van der Waals surface area contributed by atoms with Crippen LogP contribution in [-0.2, 0) is 11.3 Å². The molecule has 0 saturated carbocycles. The highest BCUT2D eigenvalue weighted by Crippen LogP contribution is 2.21. The fourth-order valence-corrected chi connectivity index (χ4v) is 3.13. The number of benzene rings is 1. The number of nitrogens with zero attached hydrogens (tertiary/aromatic N) is 2. The Morgan fingerprint density at radius 3 is 2.68 bits per heavy atom. The van der Waals surface area contributed by atoms with Crippen molar-refractivity contribution in [1.29, 1.82) is 0 Å². The minimum atomic E-state index is -0.527. The van der Waals surface area contributed by atoms with E-state index in [1.54, 1.807) is 0 Å². The van der Waals surface area contributed by atoms with Gasteiger partial charge in [0.15, 0.2) is 0 Å². The summed E-state index contributed by atoms with van der Waals surface area (Å²) in [5.74, 6) is -0.579. The molecular formula is C18H19N3O3S. The van der Waals surface area contributed by atoms with Gasteiger partial charge in [-0.15, -0.1) is 16.4 Å². The number of carbonyl (C=O) groups excluding carboxylic acids is 1. The van der Waals surface area contributed by atoms with Gasteiger partial charge in [-0.05, 0) is 30.9 Å². The molecule has 3 rings (SSSR count). The Hall–Kier alpha value is -2.67. The molecule has 0 radical (unpaired) electrons. The van der Waals surface area contributed by atoms with Crippen molar-refractivity contribution in [3.8, 4) is 10.8 Å². The van der Waals surface area contributed by atoms with Gasteiger partial charge in [0.25, 0.3) is 5.89 Å². The molecule has 3 aromatic rings. The van der Waals surface area contributed by atoms with Crippen LogP contribution in [0.2, 0.25) is 0 Å². The predicted molar refractivity (Wildman–Crippen MR) is 96.5 cm³/mol. The SMILES string of the molecule is C[C@H](C(=O)N[C@@H](C)Cn1nc(-c2cccs2)oc1=O)c1ccccc1. The number of rotatable bonds is 6. The van der Waals surface area contributed by atoms with E-state index in [0.717, 1.165) is 10.4 Å². The summed E-state index contributed by atoms with van der Waals surface area (Å²) in [4.78, 5) is 25.1. The lowest BCUT2D eigenvalue weighted by molar-refractivity contribution is -0.122. The van der Waals surface area contributed by atoms with E-state index in [9.17, 15) is 9.59 Å². The van der Waals surface area contributed by atoms with E-state index in [1.165, 1.54) is 16.0 Å². The Labute approximate surface area is 149 Å². The first kappa shape index (κ1) is 17.2. The summed E-state index contributed by atoms with van der Waals surface area (Å²) < 4.78 is 6.42. The molecule has 6 nitrogen and oxygen atoms in total. The minimum absolute atomic E-state index is 0.0891. The quantitative estimate of drug-likeness (QED) is 0.736. The molecule has 0 aliphatic carbocycles. The molecule has 7 heteroatoms. The molecule has 1 N–H and O–H groups in total. The second-order valence-corrected chi connectivity index (χ2v) is 6.82. The highest BCUT2D eigenvalue weighted by atomic mass is 32.1. The summed E-state index contributed by atoms with van der Waals surface area (Å²) >= 11 is 1.45. The van der Waals surface area contributed by atoms with Crippen LogP contribution in [0.15, 0.2) is 57.1 Å². The lowest BCUT2D eigenvalue weighted by Gasteiger charge is -2.17. The monoisotopic (exact) mass is 357 g/mol. The Balaban J connectivity index is 1.64. The van der Waals surface area contributed by atoms with Crippen LogP contribution in [0.25, 0.3) is 10.8 Å². The van der Waals surface area contributed by atoms with Crippen LogP contribution in [0, 0.1) is 0 Å². The van der Waals surface area contributed by atoms with Crippen molar-refractivity contribution in [2.45, 2.75) is 32.4 Å². The van der Waals surface area contributed by atoms with Gasteiger partial charge < -0.3 is 9.73 Å². The smallest absolute Gasteiger partial charge is 0.387 e. The van der Waals surface area contributed by atoms with Gasteiger partial charge in [-0.1, -0.05) is 36.4 Å². The maximum absolute atomic E-state index is 12.4. The fourth-order valence-electron chi connectivity index (χ4n) is 2.49. The van der Waals surface area contributed by atoms with Gasteiger partial charge in [0, 0.05) is 6.04 Å². The molecule has 2 heterocycles. The summed E-state index contributed by atoms with van der Waals surface area (Å²) in [6, 6.07) is 13.0. The van der Waals surface area contributed by atoms with Crippen LogP contribution in [0.4, 0.5) is 0 Å². The third-order valence-corrected chi connectivity index (χ3v) is 4.72. The van der Waals surface area contributed by atoms with Gasteiger partial charge in [-0.3, -0.25) is 4.79 Å². The van der Waals surface area contributed by atoms with Crippen molar-refractivity contribution in [3.05, 3.63) is 64.0 Å². The Kier molecular flexibility index (Phi) is 5.14. The summed E-state index contributed by atoms with van der Waals surface area (Å²) in [7, 11) is 0. The highest BCUT2D eigenvalue weighted by molar-refractivity contribution is 7.13. The standard InChI is InChI=1S/C18H19N3O3S/c1-12(19-16(22)13(2)14-7-4-3-5-8-14)11-21-18(23)24-17(20-21)15-9-6-10-25-15/h3-10,12-13H,11H2,1-2H3,(H,19,22)/t12-,13-/m0/s1. The number of hydrogen-bond donors (Lipinski definition) is 1. The third kappa shape index (κ3) is 4.06. The van der Waals surface area contributed by atoms with Crippen LogP contribution in [0.5, 0.6) is 0 Å². The van der Waals surface area contributed by atoms with Crippen LogP contribution >= 0.6 is 11.3 Å². The average Bonchev–Trinajstić information content (AvgIpc) is 3.25. The van der Waals surface area contributed by atoms with Gasteiger partial charge >= 0.3 is 5.76 Å². The lowest BCUT2D eigenvalue weighted by Crippen LogP contribution is -2.39. The van der Waals surface area contributed by atoms with E-state index in [0.29, 0.717) is 5.89 Å². The number of thiophene rings is 1. The van der Waals surface area contributed by atoms with Gasteiger partial charge in [0.1, 0.15) is 0 Å². The first-order valence-corrected chi connectivity index (χ1v) is 8.89. The Bertz CT molecular complexity index is 884. The van der Waals surface area contributed by atoms with Gasteiger partial charge in [-0.25, -0.2) is 4.79 Å². The zero-order chi connectivity index (χ0) is 17.8. The fraction of sp³-hybridized carbons (Fsp3) is 0.278. The molecule has 0 unspecified atom stereocenters. The summed E-state index contributed by atoms with van der Waals surface area (Å²) in [6.45, 7) is 3.94. The Morgan fingerprint density at radius 1 is 1.24 bits per heavy atom.